The van der Waals surface area contributed by atoms with Gasteiger partial charge >= 0.3 is 12.0 Å². The monoisotopic (exact) mass is 353 g/mol. The van der Waals surface area contributed by atoms with E-state index in [1.165, 1.54) is 6.42 Å². The maximum Gasteiger partial charge on any atom is 0.317 e. The van der Waals surface area contributed by atoms with Gasteiger partial charge in [-0.3, -0.25) is 9.69 Å². The fourth-order valence-corrected chi connectivity index (χ4v) is 4.54. The van der Waals surface area contributed by atoms with E-state index in [1.807, 2.05) is 16.7 Å². The Bertz CT molecular complexity index is 481. The van der Waals surface area contributed by atoms with Crippen molar-refractivity contribution >= 4 is 12.0 Å². The number of carboxylic acid groups (broad SMARTS) is 1. The fourth-order valence-electron chi connectivity index (χ4n) is 4.54. The third-order valence-corrected chi connectivity index (χ3v) is 6.20. The van der Waals surface area contributed by atoms with Crippen LogP contribution in [0.25, 0.3) is 0 Å². The zero-order valence-corrected chi connectivity index (χ0v) is 15.2. The number of hydrogen-bond acceptors (Lipinski definition) is 4. The van der Waals surface area contributed by atoms with E-state index in [0.29, 0.717) is 0 Å². The molecule has 7 heteroatoms. The van der Waals surface area contributed by atoms with Gasteiger partial charge in [0, 0.05) is 38.4 Å². The molecule has 2 aliphatic heterocycles. The van der Waals surface area contributed by atoms with Crippen LogP contribution in [-0.4, -0.2) is 78.4 Å². The van der Waals surface area contributed by atoms with Crippen molar-refractivity contribution in [3.8, 4) is 0 Å². The summed E-state index contributed by atoms with van der Waals surface area (Å²) in [7, 11) is 0. The number of carbonyl (C=O) groups is 2. The van der Waals surface area contributed by atoms with Crippen molar-refractivity contribution in [2.45, 2.75) is 57.5 Å². The highest BCUT2D eigenvalue weighted by molar-refractivity contribution is 5.75. The van der Waals surface area contributed by atoms with Crippen molar-refractivity contribution in [1.82, 2.24) is 15.1 Å². The minimum Gasteiger partial charge on any atom is -0.480 e. The first-order valence-corrected chi connectivity index (χ1v) is 9.60. The third kappa shape index (κ3) is 4.44. The van der Waals surface area contributed by atoms with Gasteiger partial charge in [-0.25, -0.2) is 4.79 Å². The number of carbonyl (C=O) groups excluding carboxylic acids is 1. The molecule has 7 nitrogen and oxygen atoms in total. The minimum absolute atomic E-state index is 0.0512. The summed E-state index contributed by atoms with van der Waals surface area (Å²) >= 11 is 0. The molecule has 25 heavy (non-hydrogen) atoms. The van der Waals surface area contributed by atoms with E-state index in [0.717, 1.165) is 65.0 Å². The van der Waals surface area contributed by atoms with Crippen LogP contribution >= 0.6 is 0 Å². The second-order valence-corrected chi connectivity index (χ2v) is 7.87. The summed E-state index contributed by atoms with van der Waals surface area (Å²) < 4.78 is 5.49. The van der Waals surface area contributed by atoms with Crippen LogP contribution in [0.3, 0.4) is 0 Å². The van der Waals surface area contributed by atoms with Crippen LogP contribution in [0.5, 0.6) is 0 Å². The van der Waals surface area contributed by atoms with Crippen LogP contribution in [0, 0.1) is 5.41 Å². The van der Waals surface area contributed by atoms with Crippen LogP contribution in [0.1, 0.15) is 45.4 Å². The highest BCUT2D eigenvalue weighted by Gasteiger charge is 2.40. The minimum atomic E-state index is -0.788. The highest BCUT2D eigenvalue weighted by atomic mass is 16.5. The summed E-state index contributed by atoms with van der Waals surface area (Å²) in [6, 6.07) is 0.498. The van der Waals surface area contributed by atoms with Gasteiger partial charge in [0.2, 0.25) is 0 Å². The lowest BCUT2D eigenvalue weighted by molar-refractivity contribution is -0.139. The third-order valence-electron chi connectivity index (χ3n) is 6.20. The summed E-state index contributed by atoms with van der Waals surface area (Å²) in [5, 5.41) is 12.1. The van der Waals surface area contributed by atoms with E-state index >= 15 is 0 Å². The smallest absolute Gasteiger partial charge is 0.317 e. The number of likely N-dealkylation sites (tertiary alicyclic amines) is 1. The van der Waals surface area contributed by atoms with Gasteiger partial charge in [0.1, 0.15) is 0 Å². The number of nitrogens with one attached hydrogen (secondary N) is 1. The molecule has 0 bridgehead atoms. The van der Waals surface area contributed by atoms with Crippen molar-refractivity contribution in [2.75, 3.05) is 39.4 Å². The quantitative estimate of drug-likeness (QED) is 0.783. The maximum atomic E-state index is 12.6. The molecular formula is C18H31N3O4. The standard InChI is InChI=1S/C18H31N3O4/c1-2-20(12-16(22)23)15-10-14(11-15)19-17(24)21-7-3-4-18(13-21)5-8-25-9-6-18/h14-15H,2-13H2,1H3,(H,19,24)(H,22,23). The molecule has 0 atom stereocenters. The van der Waals surface area contributed by atoms with Gasteiger partial charge < -0.3 is 20.1 Å². The molecule has 0 aromatic heterocycles. The number of likely N-dealkylation sites (N-methyl/N-ethyl adjacent to an activating group) is 1. The normalized spacial score (nSPS) is 28.6. The largest absolute Gasteiger partial charge is 0.480 e. The van der Waals surface area contributed by atoms with Crippen LogP contribution in [-0.2, 0) is 9.53 Å². The molecule has 3 fully saturated rings. The van der Waals surface area contributed by atoms with Crippen LogP contribution in [0.15, 0.2) is 0 Å². The Morgan fingerprint density at radius 1 is 1.28 bits per heavy atom. The van der Waals surface area contributed by atoms with Gasteiger partial charge in [0.25, 0.3) is 0 Å². The van der Waals surface area contributed by atoms with Crippen molar-refractivity contribution in [3.05, 3.63) is 0 Å². The Kier molecular flexibility index (Phi) is 5.84. The summed E-state index contributed by atoms with van der Waals surface area (Å²) in [4.78, 5) is 27.5. The summed E-state index contributed by atoms with van der Waals surface area (Å²) in [5.74, 6) is -0.788. The maximum absolute atomic E-state index is 12.6. The van der Waals surface area contributed by atoms with Crippen molar-refractivity contribution in [1.29, 1.82) is 0 Å². The molecular weight excluding hydrogens is 322 g/mol. The number of urea groups is 1. The van der Waals surface area contributed by atoms with Crippen molar-refractivity contribution < 1.29 is 19.4 Å². The number of rotatable bonds is 5. The Hall–Kier alpha value is -1.34. The molecule has 0 aromatic rings. The molecule has 0 radical (unpaired) electrons. The fraction of sp³-hybridized carbons (Fsp3) is 0.889. The van der Waals surface area contributed by atoms with Gasteiger partial charge in [-0.1, -0.05) is 6.92 Å². The summed E-state index contributed by atoms with van der Waals surface area (Å²) in [6.45, 7) is 6.11. The first-order valence-electron chi connectivity index (χ1n) is 9.60. The zero-order valence-electron chi connectivity index (χ0n) is 15.2. The van der Waals surface area contributed by atoms with E-state index in [-0.39, 0.29) is 30.1 Å². The van der Waals surface area contributed by atoms with Crippen LogP contribution in [0.2, 0.25) is 0 Å². The van der Waals surface area contributed by atoms with Gasteiger partial charge in [-0.2, -0.15) is 0 Å². The Balaban J connectivity index is 1.45. The molecule has 2 saturated heterocycles. The number of hydrogen-bond donors (Lipinski definition) is 2. The Labute approximate surface area is 149 Å². The van der Waals surface area contributed by atoms with E-state index in [1.54, 1.807) is 0 Å². The van der Waals surface area contributed by atoms with Gasteiger partial charge in [-0.05, 0) is 50.5 Å². The number of nitrogens with zero attached hydrogens (tertiary/aromatic N) is 2. The van der Waals surface area contributed by atoms with E-state index < -0.39 is 5.97 Å². The number of piperidine rings is 1. The molecule has 2 amide bonds. The average Bonchev–Trinajstić information content (AvgIpc) is 2.56. The van der Waals surface area contributed by atoms with Gasteiger partial charge in [0.05, 0.1) is 6.54 Å². The second kappa shape index (κ2) is 7.91. The first-order chi connectivity index (χ1) is 12.0. The van der Waals surface area contributed by atoms with Crippen LogP contribution < -0.4 is 5.32 Å². The Morgan fingerprint density at radius 2 is 2.00 bits per heavy atom. The predicted molar refractivity (Wildman–Crippen MR) is 93.5 cm³/mol. The van der Waals surface area contributed by atoms with E-state index in [9.17, 15) is 9.59 Å². The summed E-state index contributed by atoms with van der Waals surface area (Å²) in [6.07, 6.45) is 6.08. The van der Waals surface area contributed by atoms with E-state index in [2.05, 4.69) is 5.32 Å². The number of carboxylic acids is 1. The molecule has 3 rings (SSSR count). The zero-order chi connectivity index (χ0) is 17.9. The molecule has 0 aromatic carbocycles. The molecule has 1 spiro atoms. The second-order valence-electron chi connectivity index (χ2n) is 7.87. The average molecular weight is 353 g/mol. The lowest BCUT2D eigenvalue weighted by Crippen LogP contribution is -2.58. The lowest BCUT2D eigenvalue weighted by atomic mass is 9.74. The summed E-state index contributed by atoms with van der Waals surface area (Å²) in [5.41, 5.74) is 0.260. The number of ether oxygens (including phenoxy) is 1. The van der Waals surface area contributed by atoms with Crippen molar-refractivity contribution in [3.63, 3.8) is 0 Å². The Morgan fingerprint density at radius 3 is 2.64 bits per heavy atom. The molecule has 2 N–H and O–H groups in total. The number of amides is 2. The van der Waals surface area contributed by atoms with Crippen molar-refractivity contribution in [2.24, 2.45) is 5.41 Å². The molecule has 1 aliphatic carbocycles. The molecule has 0 unspecified atom stereocenters. The predicted octanol–water partition coefficient (Wildman–Crippen LogP) is 1.53. The SMILES string of the molecule is CCN(CC(=O)O)C1CC(NC(=O)N2CCCC3(CCOCC3)C2)C1. The topological polar surface area (TPSA) is 82.1 Å². The first kappa shape index (κ1) is 18.5. The number of aliphatic carboxylic acids is 1. The van der Waals surface area contributed by atoms with Gasteiger partial charge in [-0.15, -0.1) is 0 Å². The van der Waals surface area contributed by atoms with E-state index in [4.69, 9.17) is 9.84 Å². The molecule has 142 valence electrons. The van der Waals surface area contributed by atoms with Gasteiger partial charge in [0.15, 0.2) is 0 Å². The molecule has 2 heterocycles. The van der Waals surface area contributed by atoms with Crippen LogP contribution in [0.4, 0.5) is 4.79 Å². The molecule has 3 aliphatic rings. The molecule has 1 saturated carbocycles. The lowest BCUT2D eigenvalue weighted by Gasteiger charge is -2.46. The highest BCUT2D eigenvalue weighted by Crippen LogP contribution is 2.39.